The SMILES string of the molecule is C=CC(=O)NC[C@H](NC(=O)OC1CCCC1)C(=O)N1C[C@H](Oc2nccc3ccc(-c4cccs4)cc23)C[C@H]1C(=O)N[C@]1(C(=O)NS(=O)(=O)C2CC2)C[C@@H]1C=C. The van der Waals surface area contributed by atoms with Gasteiger partial charge in [0.2, 0.25) is 33.6 Å². The average Bonchev–Trinajstić information content (AvgIpc) is 3.94. The molecule has 3 aliphatic carbocycles. The Hall–Kier alpha value is -5.29. The average molecular weight is 805 g/mol. The van der Waals surface area contributed by atoms with Crippen molar-refractivity contribution in [3.8, 4) is 16.3 Å². The topological polar surface area (TPSA) is 202 Å². The molecule has 5 atom stereocenters. The molecule has 0 radical (unpaired) electrons. The molecule has 4 aliphatic rings. The Morgan fingerprint density at radius 1 is 1.05 bits per heavy atom. The molecule has 3 aromatic rings. The molecule has 56 heavy (non-hydrogen) atoms. The van der Waals surface area contributed by atoms with E-state index >= 15 is 0 Å². The fourth-order valence-electron chi connectivity index (χ4n) is 7.39. The number of aromatic nitrogens is 1. The first-order valence-corrected chi connectivity index (χ1v) is 21.1. The first-order valence-electron chi connectivity index (χ1n) is 18.7. The molecule has 3 saturated carbocycles. The Labute approximate surface area is 328 Å². The van der Waals surface area contributed by atoms with Crippen LogP contribution in [0.15, 0.2) is 73.3 Å². The molecule has 296 valence electrons. The summed E-state index contributed by atoms with van der Waals surface area (Å²) in [6, 6.07) is 9.11. The van der Waals surface area contributed by atoms with Crippen LogP contribution in [-0.2, 0) is 33.9 Å². The number of rotatable bonds is 15. The number of carbonyl (C=O) groups is 5. The molecule has 5 amide bonds. The highest BCUT2D eigenvalue weighted by atomic mass is 32.2. The molecule has 1 aromatic carbocycles. The molecular formula is C39H44N6O9S2. The Bertz CT molecular complexity index is 2150. The Morgan fingerprint density at radius 3 is 2.52 bits per heavy atom. The lowest BCUT2D eigenvalue weighted by Crippen LogP contribution is -2.59. The van der Waals surface area contributed by atoms with Crippen LogP contribution in [-0.4, -0.2) is 96.2 Å². The number of pyridine rings is 1. The molecule has 2 aromatic heterocycles. The van der Waals surface area contributed by atoms with Gasteiger partial charge in [-0.05, 0) is 85.6 Å². The van der Waals surface area contributed by atoms with E-state index in [1.165, 1.54) is 11.0 Å². The minimum absolute atomic E-state index is 0.0463. The van der Waals surface area contributed by atoms with Gasteiger partial charge in [-0.2, -0.15) is 0 Å². The first-order chi connectivity index (χ1) is 26.9. The Morgan fingerprint density at radius 2 is 1.84 bits per heavy atom. The van der Waals surface area contributed by atoms with Crippen LogP contribution in [0.2, 0.25) is 0 Å². The minimum Gasteiger partial charge on any atom is -0.472 e. The molecule has 0 bridgehead atoms. The summed E-state index contributed by atoms with van der Waals surface area (Å²) in [6.07, 6.45) is 6.25. The van der Waals surface area contributed by atoms with Gasteiger partial charge in [0.15, 0.2) is 0 Å². The Kier molecular flexibility index (Phi) is 11.2. The number of ether oxygens (including phenoxy) is 2. The highest BCUT2D eigenvalue weighted by Gasteiger charge is 2.62. The van der Waals surface area contributed by atoms with Crippen LogP contribution in [0.5, 0.6) is 5.88 Å². The number of thiophene rings is 1. The quantitative estimate of drug-likeness (QED) is 0.130. The smallest absolute Gasteiger partial charge is 0.408 e. The van der Waals surface area contributed by atoms with Crippen molar-refractivity contribution in [3.63, 3.8) is 0 Å². The van der Waals surface area contributed by atoms with Gasteiger partial charge in [0.05, 0.1) is 11.8 Å². The van der Waals surface area contributed by atoms with Gasteiger partial charge in [0.1, 0.15) is 29.8 Å². The van der Waals surface area contributed by atoms with E-state index in [1.54, 1.807) is 17.5 Å². The molecule has 0 spiro atoms. The zero-order valence-corrected chi connectivity index (χ0v) is 32.2. The number of fused-ring (bicyclic) bond motifs is 1. The summed E-state index contributed by atoms with van der Waals surface area (Å²) in [5.41, 5.74) is -0.649. The third kappa shape index (κ3) is 8.43. The molecule has 4 N–H and O–H groups in total. The van der Waals surface area contributed by atoms with E-state index in [-0.39, 0.29) is 37.9 Å². The van der Waals surface area contributed by atoms with Crippen molar-refractivity contribution in [1.82, 2.24) is 30.6 Å². The van der Waals surface area contributed by atoms with Gasteiger partial charge in [-0.15, -0.1) is 17.9 Å². The molecule has 1 saturated heterocycles. The second kappa shape index (κ2) is 16.1. The molecule has 1 aliphatic heterocycles. The van der Waals surface area contributed by atoms with E-state index in [9.17, 15) is 32.4 Å². The maximum Gasteiger partial charge on any atom is 0.408 e. The van der Waals surface area contributed by atoms with E-state index < -0.39 is 74.6 Å². The number of amides is 5. The van der Waals surface area contributed by atoms with Gasteiger partial charge < -0.3 is 30.3 Å². The second-order valence-electron chi connectivity index (χ2n) is 14.7. The second-order valence-corrected chi connectivity index (χ2v) is 17.6. The van der Waals surface area contributed by atoms with Crippen LogP contribution in [0.1, 0.15) is 51.4 Å². The highest BCUT2D eigenvalue weighted by molar-refractivity contribution is 7.91. The molecule has 15 nitrogen and oxygen atoms in total. The van der Waals surface area contributed by atoms with Crippen LogP contribution < -0.4 is 25.4 Å². The van der Waals surface area contributed by atoms with Crippen molar-refractivity contribution < 1.29 is 41.9 Å². The fourth-order valence-corrected chi connectivity index (χ4v) is 9.48. The Balaban J connectivity index is 1.17. The summed E-state index contributed by atoms with van der Waals surface area (Å²) in [7, 11) is -3.94. The lowest BCUT2D eigenvalue weighted by molar-refractivity contribution is -0.141. The monoisotopic (exact) mass is 804 g/mol. The predicted molar refractivity (Wildman–Crippen MR) is 208 cm³/mol. The first kappa shape index (κ1) is 39.0. The standard InChI is InChI=1S/C39H44N6O9S2/c1-3-25-20-39(25,37(49)44-56(51,52)28-13-14-28)43-34(47)31-19-27(53-35-29-18-24(32-10-7-17-55-32)12-11-23(29)15-16-40-35)22-45(31)36(48)30(21-41-33(46)4-2)42-38(50)54-26-8-5-6-9-26/h3-4,7,10-12,15-18,25-28,30-31H,1-2,5-6,8-9,13-14,19-22H2,(H,41,46)(H,42,50)(H,43,47)(H,44,49)/t25-,27+,30-,31-,39+/m0/s1. The number of alkyl carbamates (subject to hydrolysis) is 1. The number of likely N-dealkylation sites (tertiary alicyclic amines) is 1. The number of hydrogen-bond acceptors (Lipinski definition) is 11. The summed E-state index contributed by atoms with van der Waals surface area (Å²) < 4.78 is 39.6. The third-order valence-electron chi connectivity index (χ3n) is 10.7. The number of nitrogens with zero attached hydrogens (tertiary/aromatic N) is 2. The fraction of sp³-hybridized carbons (Fsp3) is 0.436. The van der Waals surface area contributed by atoms with E-state index in [0.717, 1.165) is 34.7 Å². The van der Waals surface area contributed by atoms with E-state index in [0.29, 0.717) is 31.1 Å². The summed E-state index contributed by atoms with van der Waals surface area (Å²) in [4.78, 5) is 74.4. The van der Waals surface area contributed by atoms with E-state index in [1.807, 2.05) is 41.8 Å². The van der Waals surface area contributed by atoms with Crippen LogP contribution >= 0.6 is 11.3 Å². The molecule has 7 rings (SSSR count). The van der Waals surface area contributed by atoms with Crippen molar-refractivity contribution in [1.29, 1.82) is 0 Å². The van der Waals surface area contributed by atoms with Crippen LogP contribution in [0.25, 0.3) is 21.2 Å². The lowest BCUT2D eigenvalue weighted by Gasteiger charge is -2.30. The van der Waals surface area contributed by atoms with E-state index in [4.69, 9.17) is 9.47 Å². The minimum atomic E-state index is -3.94. The maximum absolute atomic E-state index is 14.5. The molecule has 4 fully saturated rings. The van der Waals surface area contributed by atoms with Crippen LogP contribution in [0.4, 0.5) is 4.79 Å². The molecule has 17 heteroatoms. The van der Waals surface area contributed by atoms with Gasteiger partial charge in [-0.3, -0.25) is 23.9 Å². The van der Waals surface area contributed by atoms with Gasteiger partial charge in [-0.25, -0.2) is 18.2 Å². The number of sulfonamides is 1. The summed E-state index contributed by atoms with van der Waals surface area (Å²) in [5.74, 6) is -3.21. The van der Waals surface area contributed by atoms with Crippen molar-refractivity contribution in [2.75, 3.05) is 13.1 Å². The highest BCUT2D eigenvalue weighted by Crippen LogP contribution is 2.45. The summed E-state index contributed by atoms with van der Waals surface area (Å²) in [5, 5.41) is 10.8. The van der Waals surface area contributed by atoms with Crippen molar-refractivity contribution in [3.05, 3.63) is 73.3 Å². The lowest BCUT2D eigenvalue weighted by atomic mass is 10.1. The largest absolute Gasteiger partial charge is 0.472 e. The van der Waals surface area contributed by atoms with Crippen LogP contribution in [0.3, 0.4) is 0 Å². The molecule has 3 heterocycles. The number of benzene rings is 1. The number of hydrogen-bond donors (Lipinski definition) is 4. The van der Waals surface area contributed by atoms with Gasteiger partial charge in [0, 0.05) is 35.3 Å². The van der Waals surface area contributed by atoms with Gasteiger partial charge in [0.25, 0.3) is 5.91 Å². The third-order valence-corrected chi connectivity index (χ3v) is 13.5. The zero-order chi connectivity index (χ0) is 39.6. The number of nitrogens with one attached hydrogen (secondary N) is 4. The van der Waals surface area contributed by atoms with Crippen molar-refractivity contribution in [2.45, 2.75) is 86.4 Å². The summed E-state index contributed by atoms with van der Waals surface area (Å²) >= 11 is 1.58. The van der Waals surface area contributed by atoms with Gasteiger partial charge in [-0.1, -0.05) is 30.9 Å². The normalized spacial score (nSPS) is 23.8. The maximum atomic E-state index is 14.5. The molecular weight excluding hydrogens is 761 g/mol. The zero-order valence-electron chi connectivity index (χ0n) is 30.6. The molecule has 0 unspecified atom stereocenters. The van der Waals surface area contributed by atoms with Crippen LogP contribution in [0, 0.1) is 5.92 Å². The summed E-state index contributed by atoms with van der Waals surface area (Å²) in [6.45, 7) is 6.73. The van der Waals surface area contributed by atoms with Crippen molar-refractivity contribution >= 4 is 61.9 Å². The van der Waals surface area contributed by atoms with Crippen molar-refractivity contribution in [2.24, 2.45) is 5.92 Å². The van der Waals surface area contributed by atoms with Gasteiger partial charge >= 0.3 is 6.09 Å². The number of carbonyl (C=O) groups excluding carboxylic acids is 5. The predicted octanol–water partition coefficient (Wildman–Crippen LogP) is 3.32. The van der Waals surface area contributed by atoms with E-state index in [2.05, 4.69) is 38.8 Å².